The lowest BCUT2D eigenvalue weighted by molar-refractivity contribution is 0.0756. The molecule has 152 valence electrons. The number of amides is 1. The summed E-state index contributed by atoms with van der Waals surface area (Å²) < 4.78 is 3.91. The van der Waals surface area contributed by atoms with Crippen LogP contribution < -0.4 is 0 Å². The molecule has 0 radical (unpaired) electrons. The number of carbonyl (C=O) groups excluding carboxylic acids is 1. The summed E-state index contributed by atoms with van der Waals surface area (Å²) >= 11 is 0. The molecule has 5 rings (SSSR count). The number of hydrogen-bond acceptors (Lipinski definition) is 3. The van der Waals surface area contributed by atoms with Gasteiger partial charge < -0.3 is 14.2 Å². The molecule has 0 bridgehead atoms. The lowest BCUT2D eigenvalue weighted by Gasteiger charge is -2.19. The van der Waals surface area contributed by atoms with Crippen molar-refractivity contribution in [3.8, 4) is 16.9 Å². The Labute approximate surface area is 176 Å². The number of rotatable bonds is 3. The normalized spacial score (nSPS) is 15.4. The molecule has 1 amide bonds. The van der Waals surface area contributed by atoms with Gasteiger partial charge in [0.05, 0.1) is 0 Å². The molecule has 0 N–H and O–H groups in total. The third-order valence-electron chi connectivity index (χ3n) is 5.79. The van der Waals surface area contributed by atoms with Gasteiger partial charge in [-0.05, 0) is 55.4 Å². The molecule has 0 atom stereocenters. The van der Waals surface area contributed by atoms with Gasteiger partial charge in [-0.2, -0.15) is 5.10 Å². The molecule has 0 aliphatic carbocycles. The number of hydrogen-bond donors (Lipinski definition) is 0. The van der Waals surface area contributed by atoms with E-state index in [-0.39, 0.29) is 5.91 Å². The van der Waals surface area contributed by atoms with Crippen molar-refractivity contribution in [2.75, 3.05) is 33.2 Å². The SMILES string of the molecule is CN1CCCN(C(=O)c2ccn(-c3ccc4ccc(-c5ccccc5)cn34)n2)CC1. The Morgan fingerprint density at radius 1 is 0.867 bits per heavy atom. The topological polar surface area (TPSA) is 45.8 Å². The molecule has 1 aliphatic rings. The molecule has 0 saturated carbocycles. The molecule has 30 heavy (non-hydrogen) atoms. The van der Waals surface area contributed by atoms with Gasteiger partial charge in [-0.25, -0.2) is 4.68 Å². The Morgan fingerprint density at radius 2 is 1.70 bits per heavy atom. The second-order valence-corrected chi connectivity index (χ2v) is 7.86. The van der Waals surface area contributed by atoms with Crippen molar-refractivity contribution in [3.63, 3.8) is 0 Å². The van der Waals surface area contributed by atoms with Gasteiger partial charge in [0, 0.05) is 37.5 Å². The summed E-state index contributed by atoms with van der Waals surface area (Å²) in [4.78, 5) is 17.2. The van der Waals surface area contributed by atoms with Crippen molar-refractivity contribution in [1.82, 2.24) is 24.0 Å². The highest BCUT2D eigenvalue weighted by Crippen LogP contribution is 2.23. The predicted octanol–water partition coefficient (Wildman–Crippen LogP) is 3.57. The molecule has 4 heterocycles. The summed E-state index contributed by atoms with van der Waals surface area (Å²) in [5.74, 6) is 0.923. The van der Waals surface area contributed by atoms with Crippen LogP contribution in [0.15, 0.2) is 73.1 Å². The average molecular weight is 399 g/mol. The van der Waals surface area contributed by atoms with Gasteiger partial charge >= 0.3 is 0 Å². The molecule has 6 nitrogen and oxygen atoms in total. The average Bonchev–Trinajstić information content (AvgIpc) is 3.37. The number of nitrogens with zero attached hydrogens (tertiary/aromatic N) is 5. The molecule has 0 spiro atoms. The van der Waals surface area contributed by atoms with Crippen LogP contribution in [0.2, 0.25) is 0 Å². The summed E-state index contributed by atoms with van der Waals surface area (Å²) in [6.07, 6.45) is 4.98. The van der Waals surface area contributed by atoms with Crippen LogP contribution in [-0.2, 0) is 0 Å². The standard InChI is InChI=1S/C24H25N5O/c1-26-13-5-14-27(17-16-26)24(30)22-12-15-29(25-22)23-11-10-21-9-8-20(18-28(21)23)19-6-3-2-4-7-19/h2-4,6-12,15,18H,5,13-14,16-17H2,1H3. The molecule has 6 heteroatoms. The molecule has 0 unspecified atom stereocenters. The largest absolute Gasteiger partial charge is 0.336 e. The maximum absolute atomic E-state index is 13.0. The highest BCUT2D eigenvalue weighted by molar-refractivity contribution is 5.92. The van der Waals surface area contributed by atoms with E-state index in [4.69, 9.17) is 0 Å². The minimum Gasteiger partial charge on any atom is -0.336 e. The van der Waals surface area contributed by atoms with Crippen LogP contribution in [0.4, 0.5) is 0 Å². The second-order valence-electron chi connectivity index (χ2n) is 7.86. The molecule has 1 aromatic carbocycles. The molecule has 1 saturated heterocycles. The van der Waals surface area contributed by atoms with Crippen molar-refractivity contribution in [2.45, 2.75) is 6.42 Å². The molecular formula is C24H25N5O. The van der Waals surface area contributed by atoms with E-state index in [1.54, 1.807) is 4.68 Å². The smallest absolute Gasteiger partial charge is 0.274 e. The van der Waals surface area contributed by atoms with Crippen molar-refractivity contribution in [1.29, 1.82) is 0 Å². The summed E-state index contributed by atoms with van der Waals surface area (Å²) in [6.45, 7) is 3.46. The quantitative estimate of drug-likeness (QED) is 0.529. The highest BCUT2D eigenvalue weighted by atomic mass is 16.2. The zero-order valence-electron chi connectivity index (χ0n) is 17.1. The van der Waals surface area contributed by atoms with E-state index in [1.165, 1.54) is 5.56 Å². The van der Waals surface area contributed by atoms with Crippen molar-refractivity contribution in [2.24, 2.45) is 0 Å². The Bertz CT molecular complexity index is 1180. The van der Waals surface area contributed by atoms with Crippen LogP contribution in [-0.4, -0.2) is 63.1 Å². The molecule has 4 aromatic rings. The number of aromatic nitrogens is 3. The van der Waals surface area contributed by atoms with E-state index in [9.17, 15) is 4.79 Å². The lowest BCUT2D eigenvalue weighted by atomic mass is 10.1. The molecule has 3 aromatic heterocycles. The Kier molecular flexibility index (Phi) is 4.85. The fourth-order valence-electron chi connectivity index (χ4n) is 4.05. The Morgan fingerprint density at radius 3 is 2.57 bits per heavy atom. The maximum Gasteiger partial charge on any atom is 0.274 e. The summed E-state index contributed by atoms with van der Waals surface area (Å²) in [5, 5.41) is 4.62. The number of pyridine rings is 1. The van der Waals surface area contributed by atoms with Crippen molar-refractivity contribution in [3.05, 3.63) is 78.8 Å². The Hall–Kier alpha value is -3.38. The van der Waals surface area contributed by atoms with Crippen LogP contribution in [0.5, 0.6) is 0 Å². The van der Waals surface area contributed by atoms with E-state index in [1.807, 2.05) is 41.4 Å². The first-order valence-corrected chi connectivity index (χ1v) is 10.4. The van der Waals surface area contributed by atoms with E-state index < -0.39 is 0 Å². The third-order valence-corrected chi connectivity index (χ3v) is 5.79. The molecular weight excluding hydrogens is 374 g/mol. The third kappa shape index (κ3) is 3.50. The van der Waals surface area contributed by atoms with Gasteiger partial charge in [0.25, 0.3) is 5.91 Å². The van der Waals surface area contributed by atoms with E-state index >= 15 is 0 Å². The Balaban J connectivity index is 1.45. The number of fused-ring (bicyclic) bond motifs is 1. The summed E-state index contributed by atoms with van der Waals surface area (Å²) in [6, 6.07) is 20.5. The van der Waals surface area contributed by atoms with Gasteiger partial charge in [-0.15, -0.1) is 0 Å². The minimum atomic E-state index is 0.00915. The van der Waals surface area contributed by atoms with Crippen molar-refractivity contribution < 1.29 is 4.79 Å². The van der Waals surface area contributed by atoms with E-state index in [2.05, 4.69) is 58.0 Å². The van der Waals surface area contributed by atoms with Gasteiger partial charge in [0.2, 0.25) is 0 Å². The van der Waals surface area contributed by atoms with Crippen molar-refractivity contribution >= 4 is 11.4 Å². The van der Waals surface area contributed by atoms with Gasteiger partial charge in [-0.1, -0.05) is 36.4 Å². The second kappa shape index (κ2) is 7.80. The minimum absolute atomic E-state index is 0.00915. The first kappa shape index (κ1) is 18.6. The van der Waals surface area contributed by atoms with Gasteiger partial charge in [0.1, 0.15) is 5.82 Å². The monoisotopic (exact) mass is 399 g/mol. The van der Waals surface area contributed by atoms with Gasteiger partial charge in [0.15, 0.2) is 5.69 Å². The van der Waals surface area contributed by atoms with Crippen LogP contribution >= 0.6 is 0 Å². The fourth-order valence-corrected chi connectivity index (χ4v) is 4.05. The first-order valence-electron chi connectivity index (χ1n) is 10.4. The fraction of sp³-hybridized carbons (Fsp3) is 0.250. The lowest BCUT2D eigenvalue weighted by Crippen LogP contribution is -2.34. The van der Waals surface area contributed by atoms with Gasteiger partial charge in [-0.3, -0.25) is 4.79 Å². The van der Waals surface area contributed by atoms with E-state index in [0.717, 1.165) is 49.5 Å². The maximum atomic E-state index is 13.0. The van der Waals surface area contributed by atoms with Crippen LogP contribution in [0.25, 0.3) is 22.5 Å². The van der Waals surface area contributed by atoms with Crippen LogP contribution in [0, 0.1) is 0 Å². The molecule has 1 fully saturated rings. The first-order chi connectivity index (χ1) is 14.7. The van der Waals surface area contributed by atoms with Crippen LogP contribution in [0.3, 0.4) is 0 Å². The zero-order chi connectivity index (χ0) is 20.5. The number of likely N-dealkylation sites (N-methyl/N-ethyl adjacent to an activating group) is 1. The number of carbonyl (C=O) groups is 1. The highest BCUT2D eigenvalue weighted by Gasteiger charge is 2.21. The van der Waals surface area contributed by atoms with E-state index in [0.29, 0.717) is 5.69 Å². The summed E-state index contributed by atoms with van der Waals surface area (Å²) in [7, 11) is 2.10. The predicted molar refractivity (Wildman–Crippen MR) is 118 cm³/mol. The zero-order valence-corrected chi connectivity index (χ0v) is 17.1. The summed E-state index contributed by atoms with van der Waals surface area (Å²) in [5.41, 5.74) is 3.89. The number of benzene rings is 1. The molecule has 1 aliphatic heterocycles. The van der Waals surface area contributed by atoms with Crippen LogP contribution in [0.1, 0.15) is 16.9 Å².